The van der Waals surface area contributed by atoms with Crippen molar-refractivity contribution in [3.63, 3.8) is 0 Å². The molecule has 0 unspecified atom stereocenters. The fourth-order valence-electron chi connectivity index (χ4n) is 4.53. The molecule has 0 spiro atoms. The van der Waals surface area contributed by atoms with E-state index in [9.17, 15) is 18.4 Å². The van der Waals surface area contributed by atoms with E-state index in [1.807, 2.05) is 0 Å². The number of aromatic amines is 1. The molecule has 2 aliphatic rings. The first-order chi connectivity index (χ1) is 15.8. The van der Waals surface area contributed by atoms with E-state index in [0.29, 0.717) is 21.6 Å². The van der Waals surface area contributed by atoms with E-state index in [2.05, 4.69) is 20.5 Å². The largest absolute Gasteiger partial charge is 0.377 e. The van der Waals surface area contributed by atoms with Gasteiger partial charge < -0.3 is 15.0 Å². The molecule has 8 nitrogen and oxygen atoms in total. The van der Waals surface area contributed by atoms with Crippen LogP contribution in [0.3, 0.4) is 0 Å². The Morgan fingerprint density at radius 2 is 1.94 bits per heavy atom. The van der Waals surface area contributed by atoms with Crippen molar-refractivity contribution in [3.8, 4) is 0 Å². The van der Waals surface area contributed by atoms with Crippen molar-refractivity contribution < 1.29 is 23.1 Å². The maximum Gasteiger partial charge on any atom is 0.250 e. The Labute approximate surface area is 192 Å². The molecule has 1 aliphatic heterocycles. The highest BCUT2D eigenvalue weighted by atomic mass is 35.5. The van der Waals surface area contributed by atoms with Gasteiger partial charge in [0.05, 0.1) is 30.3 Å². The zero-order chi connectivity index (χ0) is 23.2. The van der Waals surface area contributed by atoms with Gasteiger partial charge in [0.25, 0.3) is 11.8 Å². The highest BCUT2D eigenvalue weighted by molar-refractivity contribution is 6.30. The second kappa shape index (κ2) is 8.03. The van der Waals surface area contributed by atoms with Gasteiger partial charge in [-0.25, -0.2) is 13.8 Å². The summed E-state index contributed by atoms with van der Waals surface area (Å²) in [5.74, 6) is -3.69. The van der Waals surface area contributed by atoms with Gasteiger partial charge in [0, 0.05) is 24.4 Å². The van der Waals surface area contributed by atoms with Crippen LogP contribution in [0.15, 0.2) is 42.6 Å². The van der Waals surface area contributed by atoms with Gasteiger partial charge in [-0.05, 0) is 29.8 Å². The normalized spacial score (nSPS) is 21.4. The van der Waals surface area contributed by atoms with Gasteiger partial charge >= 0.3 is 0 Å². The zero-order valence-electron chi connectivity index (χ0n) is 17.4. The third kappa shape index (κ3) is 3.93. The lowest BCUT2D eigenvalue weighted by atomic mass is 9.61. The molecule has 33 heavy (non-hydrogen) atoms. The van der Waals surface area contributed by atoms with Crippen LogP contribution in [0, 0.1) is 0 Å². The minimum Gasteiger partial charge on any atom is -0.377 e. The molecule has 2 N–H and O–H groups in total. The van der Waals surface area contributed by atoms with E-state index in [1.165, 1.54) is 11.1 Å². The maximum absolute atomic E-state index is 14.1. The lowest BCUT2D eigenvalue weighted by molar-refractivity contribution is -0.175. The van der Waals surface area contributed by atoms with Crippen molar-refractivity contribution in [2.75, 3.05) is 25.1 Å². The van der Waals surface area contributed by atoms with Gasteiger partial charge in [-0.3, -0.25) is 14.7 Å². The van der Waals surface area contributed by atoms with Crippen LogP contribution in [-0.2, 0) is 19.7 Å². The molecule has 3 heterocycles. The summed E-state index contributed by atoms with van der Waals surface area (Å²) in [7, 11) is 0. The lowest BCUT2D eigenvalue weighted by Gasteiger charge is -2.50. The molecular formula is C22H20ClF2N5O3. The quantitative estimate of drug-likeness (QED) is 0.604. The number of H-pyrrole nitrogens is 1. The number of fused-ring (bicyclic) bond motifs is 1. The summed E-state index contributed by atoms with van der Waals surface area (Å²) in [6.07, 6.45) is 0.285. The number of pyridine rings is 1. The van der Waals surface area contributed by atoms with E-state index >= 15 is 0 Å². The van der Waals surface area contributed by atoms with Crippen molar-refractivity contribution >= 4 is 40.3 Å². The number of aromatic nitrogens is 3. The molecule has 3 aromatic rings. The van der Waals surface area contributed by atoms with E-state index in [1.54, 1.807) is 36.4 Å². The smallest absolute Gasteiger partial charge is 0.250 e. The summed E-state index contributed by atoms with van der Waals surface area (Å²) in [4.78, 5) is 32.4. The topological polar surface area (TPSA) is 100 Å². The molecule has 1 saturated heterocycles. The van der Waals surface area contributed by atoms with Gasteiger partial charge in [-0.1, -0.05) is 23.7 Å². The number of nitrogens with zero attached hydrogens (tertiary/aromatic N) is 3. The van der Waals surface area contributed by atoms with Crippen LogP contribution in [0.25, 0.3) is 11.0 Å². The number of hydrogen-bond donors (Lipinski definition) is 2. The van der Waals surface area contributed by atoms with Crippen molar-refractivity contribution in [1.29, 1.82) is 0 Å². The summed E-state index contributed by atoms with van der Waals surface area (Å²) < 4.78 is 33.6. The predicted molar refractivity (Wildman–Crippen MR) is 116 cm³/mol. The molecular weight excluding hydrogens is 456 g/mol. The maximum atomic E-state index is 14.1. The number of carbonyl (C=O) groups is 2. The Balaban J connectivity index is 1.41. The monoisotopic (exact) mass is 475 g/mol. The van der Waals surface area contributed by atoms with Crippen LogP contribution in [0.2, 0.25) is 5.02 Å². The average Bonchev–Trinajstić information content (AvgIpc) is 3.25. The van der Waals surface area contributed by atoms with Crippen LogP contribution in [0.4, 0.5) is 14.6 Å². The molecule has 2 fully saturated rings. The molecule has 172 valence electrons. The summed E-state index contributed by atoms with van der Waals surface area (Å²) in [6.45, 7) is 0.284. The first kappa shape index (κ1) is 21.7. The molecule has 0 bridgehead atoms. The first-order valence-corrected chi connectivity index (χ1v) is 10.8. The highest BCUT2D eigenvalue weighted by Crippen LogP contribution is 2.54. The fourth-order valence-corrected chi connectivity index (χ4v) is 4.65. The number of anilines is 1. The summed E-state index contributed by atoms with van der Waals surface area (Å²) in [5.41, 5.74) is 0.318. The number of morpholine rings is 1. The summed E-state index contributed by atoms with van der Waals surface area (Å²) in [5, 5.41) is 9.81. The van der Waals surface area contributed by atoms with Crippen molar-refractivity contribution in [2.45, 2.75) is 30.2 Å². The van der Waals surface area contributed by atoms with Crippen molar-refractivity contribution in [2.24, 2.45) is 0 Å². The molecule has 5 rings (SSSR count). The van der Waals surface area contributed by atoms with E-state index < -0.39 is 42.0 Å². The predicted octanol–water partition coefficient (Wildman–Crippen LogP) is 3.14. The van der Waals surface area contributed by atoms with Gasteiger partial charge in [0.15, 0.2) is 0 Å². The second-order valence-corrected chi connectivity index (χ2v) is 8.81. The Morgan fingerprint density at radius 1 is 1.18 bits per heavy atom. The Hall–Kier alpha value is -3.11. The standard InChI is InChI=1S/C22H20ClF2N5O3/c23-14-3-1-13(2-4-14)21(11-22(24,25)12-21)20(32)30-7-8-33-10-17(30)19(31)28-18-6-5-15-16(27-18)9-26-29-15/h1-6,9,17H,7-8,10-12H2,(H,26,29)(H,27,28,31)/t17-/m1/s1. The van der Waals surface area contributed by atoms with Crippen LogP contribution in [-0.4, -0.2) is 63.6 Å². The molecule has 1 aromatic carbocycles. The molecule has 2 aromatic heterocycles. The average molecular weight is 476 g/mol. The second-order valence-electron chi connectivity index (χ2n) is 8.38. The van der Waals surface area contributed by atoms with E-state index in [-0.39, 0.29) is 25.6 Å². The summed E-state index contributed by atoms with van der Waals surface area (Å²) >= 11 is 5.95. The first-order valence-electron chi connectivity index (χ1n) is 10.4. The molecule has 1 saturated carbocycles. The molecule has 2 amide bonds. The number of amides is 2. The van der Waals surface area contributed by atoms with Crippen LogP contribution in [0.1, 0.15) is 18.4 Å². The van der Waals surface area contributed by atoms with Crippen molar-refractivity contribution in [3.05, 3.63) is 53.2 Å². The molecule has 11 heteroatoms. The lowest BCUT2D eigenvalue weighted by Crippen LogP contribution is -2.64. The van der Waals surface area contributed by atoms with Crippen LogP contribution >= 0.6 is 11.6 Å². The number of hydrogen-bond acceptors (Lipinski definition) is 5. The van der Waals surface area contributed by atoms with Gasteiger partial charge in [0.1, 0.15) is 17.4 Å². The minimum atomic E-state index is -2.96. The Bertz CT molecular complexity index is 1210. The SMILES string of the molecule is O=C(Nc1ccc2[nH]ncc2n1)[C@H]1COCCN1C(=O)C1(c2ccc(Cl)cc2)CC(F)(F)C1. The van der Waals surface area contributed by atoms with Gasteiger partial charge in [-0.15, -0.1) is 0 Å². The number of nitrogens with one attached hydrogen (secondary N) is 2. The third-order valence-corrected chi connectivity index (χ3v) is 6.42. The third-order valence-electron chi connectivity index (χ3n) is 6.17. The number of alkyl halides is 2. The highest BCUT2D eigenvalue weighted by Gasteiger charge is 2.63. The summed E-state index contributed by atoms with van der Waals surface area (Å²) in [6, 6.07) is 8.68. The van der Waals surface area contributed by atoms with Gasteiger partial charge in [-0.2, -0.15) is 5.10 Å². The number of ether oxygens (including phenoxy) is 1. The number of halogens is 3. The van der Waals surface area contributed by atoms with Gasteiger partial charge in [0.2, 0.25) is 5.91 Å². The number of benzene rings is 1. The van der Waals surface area contributed by atoms with E-state index in [4.69, 9.17) is 16.3 Å². The molecule has 0 radical (unpaired) electrons. The fraction of sp³-hybridized carbons (Fsp3) is 0.364. The zero-order valence-corrected chi connectivity index (χ0v) is 18.1. The van der Waals surface area contributed by atoms with Crippen LogP contribution in [0.5, 0.6) is 0 Å². The Morgan fingerprint density at radius 3 is 2.67 bits per heavy atom. The number of rotatable bonds is 4. The molecule has 1 aliphatic carbocycles. The Kier molecular flexibility index (Phi) is 5.29. The molecule has 1 atom stereocenters. The minimum absolute atomic E-state index is 0.0430. The van der Waals surface area contributed by atoms with Crippen LogP contribution < -0.4 is 5.32 Å². The van der Waals surface area contributed by atoms with Crippen molar-refractivity contribution in [1.82, 2.24) is 20.1 Å². The number of carbonyl (C=O) groups excluding carboxylic acids is 2. The van der Waals surface area contributed by atoms with E-state index in [0.717, 1.165) is 0 Å².